The van der Waals surface area contributed by atoms with Crippen LogP contribution in [0.2, 0.25) is 5.15 Å². The monoisotopic (exact) mass is 217 g/mol. The Morgan fingerprint density at radius 1 is 1.54 bits per heavy atom. The van der Waals surface area contributed by atoms with Gasteiger partial charge in [0.15, 0.2) is 11.0 Å². The summed E-state index contributed by atoms with van der Waals surface area (Å²) in [5, 5.41) is 3.72. The first-order valence-electron chi connectivity index (χ1n) is 4.47. The molecule has 1 N–H and O–H groups in total. The van der Waals surface area contributed by atoms with Crippen LogP contribution in [-0.4, -0.2) is 15.3 Å². The van der Waals surface area contributed by atoms with E-state index in [0.717, 1.165) is 35.9 Å². The summed E-state index contributed by atoms with van der Waals surface area (Å²) in [4.78, 5) is 0. The van der Waals surface area contributed by atoms with Crippen LogP contribution in [0.25, 0.3) is 0 Å². The van der Waals surface area contributed by atoms with Crippen molar-refractivity contribution in [3.8, 4) is 0 Å². The number of nitrogens with zero attached hydrogens (tertiary/aromatic N) is 2. The van der Waals surface area contributed by atoms with Crippen LogP contribution < -0.4 is 5.32 Å². The Morgan fingerprint density at radius 2 is 2.31 bits per heavy atom. The number of halogens is 1. The molecule has 1 aromatic heterocycles. The van der Waals surface area contributed by atoms with E-state index >= 15 is 0 Å². The SMILES string of the molecule is CC1CC(CNc2nsnc2Cl)C1. The Hall–Kier alpha value is -0.350. The van der Waals surface area contributed by atoms with Crippen molar-refractivity contribution in [2.75, 3.05) is 11.9 Å². The minimum atomic E-state index is 0.498. The zero-order valence-corrected chi connectivity index (χ0v) is 9.03. The Kier molecular flexibility index (Phi) is 2.69. The van der Waals surface area contributed by atoms with E-state index in [2.05, 4.69) is 21.0 Å². The van der Waals surface area contributed by atoms with Crippen LogP contribution in [0.4, 0.5) is 5.82 Å². The van der Waals surface area contributed by atoms with Crippen LogP contribution in [-0.2, 0) is 0 Å². The molecule has 0 amide bonds. The molecule has 3 nitrogen and oxygen atoms in total. The number of nitrogens with one attached hydrogen (secondary N) is 1. The molecule has 0 saturated heterocycles. The highest BCUT2D eigenvalue weighted by Crippen LogP contribution is 2.33. The van der Waals surface area contributed by atoms with E-state index in [0.29, 0.717) is 5.15 Å². The van der Waals surface area contributed by atoms with E-state index in [1.165, 1.54) is 12.8 Å². The molecule has 0 radical (unpaired) electrons. The minimum absolute atomic E-state index is 0.498. The number of hydrogen-bond acceptors (Lipinski definition) is 4. The molecule has 0 atom stereocenters. The van der Waals surface area contributed by atoms with E-state index in [4.69, 9.17) is 11.6 Å². The van der Waals surface area contributed by atoms with Gasteiger partial charge in [-0.15, -0.1) is 0 Å². The first-order chi connectivity index (χ1) is 6.25. The lowest BCUT2D eigenvalue weighted by Crippen LogP contribution is -2.27. The highest BCUT2D eigenvalue weighted by Gasteiger charge is 2.25. The largest absolute Gasteiger partial charge is 0.366 e. The molecule has 0 unspecified atom stereocenters. The number of aromatic nitrogens is 2. The van der Waals surface area contributed by atoms with Crippen LogP contribution in [0.15, 0.2) is 0 Å². The van der Waals surface area contributed by atoms with E-state index < -0.39 is 0 Å². The zero-order valence-electron chi connectivity index (χ0n) is 7.46. The maximum atomic E-state index is 5.79. The van der Waals surface area contributed by atoms with Gasteiger partial charge in [-0.3, -0.25) is 0 Å². The summed E-state index contributed by atoms with van der Waals surface area (Å²) in [5.74, 6) is 2.44. The van der Waals surface area contributed by atoms with Gasteiger partial charge in [0.1, 0.15) is 0 Å². The molecule has 5 heteroatoms. The normalized spacial score (nSPS) is 26.9. The fourth-order valence-corrected chi connectivity index (χ4v) is 2.44. The number of hydrogen-bond donors (Lipinski definition) is 1. The van der Waals surface area contributed by atoms with Gasteiger partial charge in [-0.1, -0.05) is 18.5 Å². The smallest absolute Gasteiger partial charge is 0.186 e. The molecule has 1 aliphatic rings. The molecule has 1 aliphatic carbocycles. The van der Waals surface area contributed by atoms with Crippen molar-refractivity contribution in [1.82, 2.24) is 8.75 Å². The van der Waals surface area contributed by atoms with E-state index in [1.807, 2.05) is 0 Å². The molecule has 0 bridgehead atoms. The van der Waals surface area contributed by atoms with Crippen molar-refractivity contribution < 1.29 is 0 Å². The molecule has 13 heavy (non-hydrogen) atoms. The van der Waals surface area contributed by atoms with Gasteiger partial charge in [-0.2, -0.15) is 8.75 Å². The summed E-state index contributed by atoms with van der Waals surface area (Å²) in [6.45, 7) is 3.27. The molecule has 0 spiro atoms. The molecular formula is C8H12ClN3S. The van der Waals surface area contributed by atoms with Gasteiger partial charge in [0.25, 0.3) is 0 Å². The van der Waals surface area contributed by atoms with Gasteiger partial charge >= 0.3 is 0 Å². The Labute approximate surface area is 86.8 Å². The second kappa shape index (κ2) is 3.80. The molecular weight excluding hydrogens is 206 g/mol. The predicted molar refractivity (Wildman–Crippen MR) is 55.3 cm³/mol. The van der Waals surface area contributed by atoms with Crippen molar-refractivity contribution in [2.45, 2.75) is 19.8 Å². The number of rotatable bonds is 3. The third kappa shape index (κ3) is 2.11. The summed E-state index contributed by atoms with van der Waals surface area (Å²) >= 11 is 6.94. The van der Waals surface area contributed by atoms with E-state index in [9.17, 15) is 0 Å². The lowest BCUT2D eigenvalue weighted by atomic mass is 9.76. The van der Waals surface area contributed by atoms with Gasteiger partial charge in [0.2, 0.25) is 0 Å². The minimum Gasteiger partial charge on any atom is -0.366 e. The second-order valence-corrected chi connectivity index (χ2v) is 4.61. The standard InChI is InChI=1S/C8H12ClN3S/c1-5-2-6(3-5)4-10-8-7(9)11-13-12-8/h5-6H,2-4H2,1H3,(H,10,12). The Bertz CT molecular complexity index is 283. The van der Waals surface area contributed by atoms with E-state index in [1.54, 1.807) is 0 Å². The Balaban J connectivity index is 1.77. The first-order valence-corrected chi connectivity index (χ1v) is 5.58. The summed E-state index contributed by atoms with van der Waals surface area (Å²) in [5.41, 5.74) is 0. The maximum Gasteiger partial charge on any atom is 0.186 e. The maximum absolute atomic E-state index is 5.79. The highest BCUT2D eigenvalue weighted by molar-refractivity contribution is 6.99. The zero-order chi connectivity index (χ0) is 9.26. The second-order valence-electron chi connectivity index (χ2n) is 3.73. The molecule has 1 saturated carbocycles. The first kappa shape index (κ1) is 9.21. The van der Waals surface area contributed by atoms with Crippen LogP contribution in [0.1, 0.15) is 19.8 Å². The third-order valence-electron chi connectivity index (χ3n) is 2.48. The van der Waals surface area contributed by atoms with Crippen LogP contribution >= 0.6 is 23.3 Å². The predicted octanol–water partition coefficient (Wildman–Crippen LogP) is 2.65. The Morgan fingerprint density at radius 3 is 2.85 bits per heavy atom. The summed E-state index contributed by atoms with van der Waals surface area (Å²) in [6, 6.07) is 0. The highest BCUT2D eigenvalue weighted by atomic mass is 35.5. The fraction of sp³-hybridized carbons (Fsp3) is 0.750. The van der Waals surface area contributed by atoms with Crippen LogP contribution in [0.3, 0.4) is 0 Å². The summed E-state index contributed by atoms with van der Waals surface area (Å²) in [6.07, 6.45) is 2.64. The molecule has 1 heterocycles. The van der Waals surface area contributed by atoms with Crippen molar-refractivity contribution in [1.29, 1.82) is 0 Å². The molecule has 0 aliphatic heterocycles. The summed E-state index contributed by atoms with van der Waals surface area (Å²) in [7, 11) is 0. The van der Waals surface area contributed by atoms with Crippen molar-refractivity contribution in [3.63, 3.8) is 0 Å². The van der Waals surface area contributed by atoms with Gasteiger partial charge in [-0.25, -0.2) is 0 Å². The molecule has 1 fully saturated rings. The lowest BCUT2D eigenvalue weighted by molar-refractivity contribution is 0.225. The van der Waals surface area contributed by atoms with Crippen LogP contribution in [0, 0.1) is 11.8 Å². The van der Waals surface area contributed by atoms with Crippen LogP contribution in [0.5, 0.6) is 0 Å². The number of anilines is 1. The van der Waals surface area contributed by atoms with Gasteiger partial charge in [-0.05, 0) is 24.7 Å². The van der Waals surface area contributed by atoms with Gasteiger partial charge < -0.3 is 5.32 Å². The average Bonchev–Trinajstić information content (AvgIpc) is 2.43. The van der Waals surface area contributed by atoms with Gasteiger partial charge in [0, 0.05) is 6.54 Å². The third-order valence-corrected chi connectivity index (χ3v) is 3.37. The van der Waals surface area contributed by atoms with E-state index in [-0.39, 0.29) is 0 Å². The van der Waals surface area contributed by atoms with Crippen molar-refractivity contribution in [2.24, 2.45) is 11.8 Å². The topological polar surface area (TPSA) is 37.8 Å². The average molecular weight is 218 g/mol. The van der Waals surface area contributed by atoms with Crippen molar-refractivity contribution >= 4 is 29.1 Å². The molecule has 2 rings (SSSR count). The molecule has 72 valence electrons. The lowest BCUT2D eigenvalue weighted by Gasteiger charge is -2.32. The fourth-order valence-electron chi connectivity index (χ4n) is 1.76. The van der Waals surface area contributed by atoms with Crippen molar-refractivity contribution in [3.05, 3.63) is 5.15 Å². The van der Waals surface area contributed by atoms with Gasteiger partial charge in [0.05, 0.1) is 11.7 Å². The molecule has 0 aromatic carbocycles. The molecule has 1 aromatic rings. The summed E-state index contributed by atoms with van der Waals surface area (Å²) < 4.78 is 7.94. The quantitative estimate of drug-likeness (QED) is 0.846.